The summed E-state index contributed by atoms with van der Waals surface area (Å²) in [5.74, 6) is -0.928. The zero-order chi connectivity index (χ0) is 29.3. The number of anilines is 3. The molecule has 0 radical (unpaired) electrons. The summed E-state index contributed by atoms with van der Waals surface area (Å²) >= 11 is 0.693. The number of thiophene rings is 1. The summed E-state index contributed by atoms with van der Waals surface area (Å²) in [4.78, 5) is 26.6. The number of nitrogens with one attached hydrogen (secondary N) is 1. The number of hydrogen-bond donors (Lipinski definition) is 1. The molecule has 6 rings (SSSR count). The van der Waals surface area contributed by atoms with Gasteiger partial charge in [-0.05, 0) is 49.7 Å². The Morgan fingerprint density at radius 2 is 1.93 bits per heavy atom. The molecule has 3 aromatic rings. The summed E-state index contributed by atoms with van der Waals surface area (Å²) in [7, 11) is -0.257. The standard InChI is InChI=1S/C27H29F3N6O3S2/c1-4-15-9-16(36-14-17-10-18(36)13-35(17)3)5-6-20(15)32-26-31-12-19(27(28,29)30)23(33-26)21-11-22-24(40-21)25(37)34(2)7-8-41(22,38)39/h5-6,9,11-12,17-18H,4,7-8,10,13-14H2,1-3H3,(H,31,32,33)/t17-,18-/m1/s1. The summed E-state index contributed by atoms with van der Waals surface area (Å²) in [6.07, 6.45) is -2.30. The van der Waals surface area contributed by atoms with E-state index in [9.17, 15) is 26.4 Å². The van der Waals surface area contributed by atoms with E-state index >= 15 is 0 Å². The second-order valence-corrected chi connectivity index (χ2v) is 13.9. The first-order chi connectivity index (χ1) is 19.4. The zero-order valence-electron chi connectivity index (χ0n) is 22.7. The number of fused-ring (bicyclic) bond motifs is 3. The molecule has 0 aliphatic carbocycles. The number of piperazine rings is 1. The first-order valence-electron chi connectivity index (χ1n) is 13.3. The molecule has 0 spiro atoms. The maximum absolute atomic E-state index is 14.0. The zero-order valence-corrected chi connectivity index (χ0v) is 24.3. The van der Waals surface area contributed by atoms with Crippen molar-refractivity contribution in [2.75, 3.05) is 49.7 Å². The fraction of sp³-hybridized carbons (Fsp3) is 0.444. The van der Waals surface area contributed by atoms with Crippen molar-refractivity contribution < 1.29 is 26.4 Å². The monoisotopic (exact) mass is 606 g/mol. The molecule has 0 saturated carbocycles. The summed E-state index contributed by atoms with van der Waals surface area (Å²) < 4.78 is 67.8. The summed E-state index contributed by atoms with van der Waals surface area (Å²) in [5, 5.41) is 3.07. The fourth-order valence-corrected chi connectivity index (χ4v) is 8.86. The van der Waals surface area contributed by atoms with Crippen molar-refractivity contribution in [3.05, 3.63) is 46.5 Å². The van der Waals surface area contributed by atoms with Crippen molar-refractivity contribution in [2.24, 2.45) is 0 Å². The van der Waals surface area contributed by atoms with Crippen LogP contribution in [0.5, 0.6) is 0 Å². The molecule has 2 saturated heterocycles. The van der Waals surface area contributed by atoms with Gasteiger partial charge in [-0.15, -0.1) is 11.3 Å². The van der Waals surface area contributed by atoms with Gasteiger partial charge in [0.25, 0.3) is 5.91 Å². The van der Waals surface area contributed by atoms with E-state index in [1.807, 2.05) is 19.1 Å². The van der Waals surface area contributed by atoms with Crippen molar-refractivity contribution in [1.29, 1.82) is 0 Å². The van der Waals surface area contributed by atoms with Gasteiger partial charge in [-0.3, -0.25) is 9.69 Å². The Morgan fingerprint density at radius 1 is 1.15 bits per heavy atom. The van der Waals surface area contributed by atoms with E-state index < -0.39 is 33.2 Å². The van der Waals surface area contributed by atoms with Gasteiger partial charge in [-0.2, -0.15) is 13.2 Å². The number of benzene rings is 1. The predicted octanol–water partition coefficient (Wildman–Crippen LogP) is 4.28. The number of carbonyl (C=O) groups excluding carboxylic acids is 1. The average molecular weight is 607 g/mol. The Morgan fingerprint density at radius 3 is 2.59 bits per heavy atom. The Kier molecular flexibility index (Phi) is 6.77. The molecule has 3 aliphatic heterocycles. The molecule has 2 aromatic heterocycles. The molecule has 9 nitrogen and oxygen atoms in total. The molecule has 2 fully saturated rings. The number of nitrogens with zero attached hydrogens (tertiary/aromatic N) is 5. The van der Waals surface area contributed by atoms with Crippen LogP contribution in [0.15, 0.2) is 35.4 Å². The van der Waals surface area contributed by atoms with Crippen LogP contribution < -0.4 is 10.2 Å². The summed E-state index contributed by atoms with van der Waals surface area (Å²) in [6.45, 7) is 3.98. The van der Waals surface area contributed by atoms with Crippen LogP contribution in [0.4, 0.5) is 30.5 Å². The van der Waals surface area contributed by atoms with Crippen molar-refractivity contribution >= 4 is 44.4 Å². The lowest BCUT2D eigenvalue weighted by molar-refractivity contribution is -0.137. The van der Waals surface area contributed by atoms with E-state index in [-0.39, 0.29) is 32.9 Å². The summed E-state index contributed by atoms with van der Waals surface area (Å²) in [5.41, 5.74) is 1.15. The van der Waals surface area contributed by atoms with Gasteiger partial charge in [-0.1, -0.05) is 6.92 Å². The van der Waals surface area contributed by atoms with Crippen LogP contribution in [-0.2, 0) is 22.4 Å². The third-order valence-electron chi connectivity index (χ3n) is 8.16. The lowest BCUT2D eigenvalue weighted by atomic mass is 10.1. The Labute approximate surface area is 239 Å². The Hall–Kier alpha value is -3.23. The van der Waals surface area contributed by atoms with Crippen LogP contribution in [0.3, 0.4) is 0 Å². The van der Waals surface area contributed by atoms with Crippen LogP contribution >= 0.6 is 11.3 Å². The van der Waals surface area contributed by atoms with E-state index in [0.29, 0.717) is 41.7 Å². The number of likely N-dealkylation sites (tertiary alicyclic amines) is 1. The molecule has 1 aromatic carbocycles. The Balaban J connectivity index is 1.36. The lowest BCUT2D eigenvalue weighted by Gasteiger charge is -2.34. The number of amides is 1. The first-order valence-corrected chi connectivity index (χ1v) is 15.8. The molecule has 14 heteroatoms. The normalized spacial score (nSPS) is 22.2. The van der Waals surface area contributed by atoms with Crippen molar-refractivity contribution in [3.8, 4) is 10.6 Å². The molecule has 5 heterocycles. The highest BCUT2D eigenvalue weighted by atomic mass is 32.2. The molecule has 41 heavy (non-hydrogen) atoms. The molecule has 0 unspecified atom stereocenters. The molecule has 2 bridgehead atoms. The van der Waals surface area contributed by atoms with E-state index in [1.165, 1.54) is 11.9 Å². The van der Waals surface area contributed by atoms with Gasteiger partial charge >= 0.3 is 6.18 Å². The van der Waals surface area contributed by atoms with Gasteiger partial charge in [0.1, 0.15) is 10.4 Å². The molecular formula is C27H29F3N6O3S2. The minimum absolute atomic E-state index is 0.00186. The number of alkyl halides is 3. The average Bonchev–Trinajstić information content (AvgIpc) is 3.64. The highest BCUT2D eigenvalue weighted by Crippen LogP contribution is 2.42. The van der Waals surface area contributed by atoms with Gasteiger partial charge in [0.05, 0.1) is 21.2 Å². The van der Waals surface area contributed by atoms with E-state index in [2.05, 4.69) is 38.2 Å². The maximum Gasteiger partial charge on any atom is 0.420 e. The van der Waals surface area contributed by atoms with Crippen LogP contribution in [0.2, 0.25) is 0 Å². The quantitative estimate of drug-likeness (QED) is 0.460. The third-order valence-corrected chi connectivity index (χ3v) is 11.1. The number of halogens is 3. The highest BCUT2D eigenvalue weighted by Gasteiger charge is 2.42. The number of rotatable bonds is 5. The van der Waals surface area contributed by atoms with Crippen LogP contribution in [-0.4, -0.2) is 85.7 Å². The maximum atomic E-state index is 14.0. The molecule has 218 valence electrons. The third kappa shape index (κ3) is 4.95. The van der Waals surface area contributed by atoms with E-state index in [1.54, 1.807) is 0 Å². The van der Waals surface area contributed by atoms with Crippen LogP contribution in [0.25, 0.3) is 10.6 Å². The minimum Gasteiger partial charge on any atom is -0.366 e. The molecule has 1 amide bonds. The van der Waals surface area contributed by atoms with Crippen LogP contribution in [0.1, 0.15) is 34.1 Å². The highest BCUT2D eigenvalue weighted by molar-refractivity contribution is 7.91. The Bertz CT molecular complexity index is 1640. The molecule has 3 aliphatic rings. The van der Waals surface area contributed by atoms with Gasteiger partial charge in [-0.25, -0.2) is 18.4 Å². The number of aromatic nitrogens is 2. The predicted molar refractivity (Wildman–Crippen MR) is 151 cm³/mol. The fourth-order valence-electron chi connectivity index (χ4n) is 5.83. The van der Waals surface area contributed by atoms with E-state index in [4.69, 9.17) is 0 Å². The number of aryl methyl sites for hydroxylation is 1. The van der Waals surface area contributed by atoms with Gasteiger partial charge in [0.2, 0.25) is 5.95 Å². The molecule has 2 atom stereocenters. The SMILES string of the molecule is CCc1cc(N2C[C@H]3C[C@@H]2CN3C)ccc1Nc1ncc(C(F)(F)F)c(-c2cc3c(s2)C(=O)N(C)CCS3(=O)=O)n1. The number of carbonyl (C=O) groups is 1. The number of sulfone groups is 1. The molecule has 1 N–H and O–H groups in total. The second kappa shape index (κ2) is 9.95. The second-order valence-electron chi connectivity index (χ2n) is 10.8. The summed E-state index contributed by atoms with van der Waals surface area (Å²) in [6, 6.07) is 8.11. The van der Waals surface area contributed by atoms with E-state index in [0.717, 1.165) is 36.8 Å². The largest absolute Gasteiger partial charge is 0.420 e. The number of likely N-dealkylation sites (N-methyl/N-ethyl adjacent to an activating group) is 1. The number of hydrogen-bond acceptors (Lipinski definition) is 9. The van der Waals surface area contributed by atoms with Crippen LogP contribution in [0, 0.1) is 0 Å². The topological polar surface area (TPSA) is 98.7 Å². The molecular weight excluding hydrogens is 577 g/mol. The minimum atomic E-state index is -4.80. The van der Waals surface area contributed by atoms with Gasteiger partial charge in [0.15, 0.2) is 9.84 Å². The van der Waals surface area contributed by atoms with Crippen molar-refractivity contribution in [2.45, 2.75) is 42.9 Å². The van der Waals surface area contributed by atoms with Crippen molar-refractivity contribution in [3.63, 3.8) is 0 Å². The lowest BCUT2D eigenvalue weighted by Crippen LogP contribution is -2.44. The first kappa shape index (κ1) is 27.9. The smallest absolute Gasteiger partial charge is 0.366 e. The van der Waals surface area contributed by atoms with Gasteiger partial charge < -0.3 is 15.1 Å². The van der Waals surface area contributed by atoms with Gasteiger partial charge in [0, 0.05) is 56.3 Å². The van der Waals surface area contributed by atoms with Crippen molar-refractivity contribution in [1.82, 2.24) is 19.8 Å².